The highest BCUT2D eigenvalue weighted by atomic mass is 32.2. The van der Waals surface area contributed by atoms with Gasteiger partial charge in [0.05, 0.1) is 5.75 Å². The van der Waals surface area contributed by atoms with E-state index in [0.29, 0.717) is 12.0 Å². The second kappa shape index (κ2) is 12.9. The van der Waals surface area contributed by atoms with Crippen LogP contribution in [0.15, 0.2) is 89.8 Å². The van der Waals surface area contributed by atoms with Crippen molar-refractivity contribution < 1.29 is 14.0 Å². The zero-order valence-corrected chi connectivity index (χ0v) is 20.4. The number of carbonyl (C=O) groups is 2. The monoisotopic (exact) mass is 478 g/mol. The summed E-state index contributed by atoms with van der Waals surface area (Å²) >= 11 is 1.41. The molecule has 6 heteroatoms. The van der Waals surface area contributed by atoms with E-state index in [1.165, 1.54) is 22.7 Å². The largest absolute Gasteiger partial charge is 0.352 e. The summed E-state index contributed by atoms with van der Waals surface area (Å²) in [6, 6.07) is 24.8. The van der Waals surface area contributed by atoms with Crippen molar-refractivity contribution in [1.82, 2.24) is 10.2 Å². The third-order valence-electron chi connectivity index (χ3n) is 5.68. The Bertz CT molecular complexity index is 1060. The average molecular weight is 479 g/mol. The fraction of sp³-hybridized carbons (Fsp3) is 0.286. The minimum atomic E-state index is -0.764. The maximum absolute atomic E-state index is 14.6. The zero-order valence-electron chi connectivity index (χ0n) is 19.6. The first-order valence-corrected chi connectivity index (χ1v) is 12.5. The summed E-state index contributed by atoms with van der Waals surface area (Å²) in [5, 5.41) is 3.03. The molecule has 0 aromatic heterocycles. The summed E-state index contributed by atoms with van der Waals surface area (Å²) in [4.78, 5) is 29.4. The van der Waals surface area contributed by atoms with Crippen molar-refractivity contribution >= 4 is 23.6 Å². The molecular weight excluding hydrogens is 447 g/mol. The van der Waals surface area contributed by atoms with Gasteiger partial charge in [-0.25, -0.2) is 4.39 Å². The summed E-state index contributed by atoms with van der Waals surface area (Å²) in [6.45, 7) is 3.95. The average Bonchev–Trinajstić information content (AvgIpc) is 2.86. The van der Waals surface area contributed by atoms with Crippen LogP contribution in [0.4, 0.5) is 4.39 Å². The predicted octanol–water partition coefficient (Wildman–Crippen LogP) is 5.47. The first-order chi connectivity index (χ1) is 16.5. The van der Waals surface area contributed by atoms with E-state index in [0.717, 1.165) is 16.9 Å². The lowest BCUT2D eigenvalue weighted by molar-refractivity contribution is -0.139. The van der Waals surface area contributed by atoms with Crippen LogP contribution in [0.3, 0.4) is 0 Å². The molecule has 34 heavy (non-hydrogen) atoms. The Morgan fingerprint density at radius 3 is 2.21 bits per heavy atom. The van der Waals surface area contributed by atoms with E-state index in [1.807, 2.05) is 74.5 Å². The molecular formula is C28H31FN2O2S. The SMILES string of the molecule is CCC(C)NC(=O)C(Cc1ccccc1)N(Cc1ccccc1F)C(=O)CSc1ccccc1. The van der Waals surface area contributed by atoms with Crippen LogP contribution in [0.25, 0.3) is 0 Å². The van der Waals surface area contributed by atoms with Gasteiger partial charge in [0.2, 0.25) is 11.8 Å². The molecule has 0 bridgehead atoms. The van der Waals surface area contributed by atoms with Crippen molar-refractivity contribution in [2.75, 3.05) is 5.75 Å². The van der Waals surface area contributed by atoms with Crippen molar-refractivity contribution in [3.8, 4) is 0 Å². The van der Waals surface area contributed by atoms with E-state index in [9.17, 15) is 14.0 Å². The number of hydrogen-bond donors (Lipinski definition) is 1. The highest BCUT2D eigenvalue weighted by Crippen LogP contribution is 2.21. The van der Waals surface area contributed by atoms with Crippen molar-refractivity contribution in [2.45, 2.75) is 50.2 Å². The van der Waals surface area contributed by atoms with E-state index in [1.54, 1.807) is 18.2 Å². The lowest BCUT2D eigenvalue weighted by Gasteiger charge is -2.32. The first-order valence-electron chi connectivity index (χ1n) is 11.5. The van der Waals surface area contributed by atoms with Gasteiger partial charge in [-0.05, 0) is 37.1 Å². The second-order valence-electron chi connectivity index (χ2n) is 8.24. The van der Waals surface area contributed by atoms with Gasteiger partial charge in [0.15, 0.2) is 0 Å². The number of nitrogens with one attached hydrogen (secondary N) is 1. The quantitative estimate of drug-likeness (QED) is 0.372. The van der Waals surface area contributed by atoms with Crippen LogP contribution in [0, 0.1) is 5.82 Å². The Hall–Kier alpha value is -3.12. The molecule has 0 aliphatic heterocycles. The van der Waals surface area contributed by atoms with Gasteiger partial charge < -0.3 is 10.2 Å². The smallest absolute Gasteiger partial charge is 0.243 e. The van der Waals surface area contributed by atoms with Crippen molar-refractivity contribution in [3.63, 3.8) is 0 Å². The van der Waals surface area contributed by atoms with Crippen molar-refractivity contribution in [2.24, 2.45) is 0 Å². The number of rotatable bonds is 11. The molecule has 0 fully saturated rings. The van der Waals surface area contributed by atoms with E-state index in [-0.39, 0.29) is 30.2 Å². The summed E-state index contributed by atoms with van der Waals surface area (Å²) in [5.41, 5.74) is 1.32. The van der Waals surface area contributed by atoms with E-state index in [2.05, 4.69) is 5.32 Å². The van der Waals surface area contributed by atoms with E-state index >= 15 is 0 Å². The van der Waals surface area contributed by atoms with Crippen LogP contribution in [0.2, 0.25) is 0 Å². The topological polar surface area (TPSA) is 49.4 Å². The molecule has 3 rings (SSSR count). The second-order valence-corrected chi connectivity index (χ2v) is 9.29. The van der Waals surface area contributed by atoms with Crippen LogP contribution in [0.5, 0.6) is 0 Å². The van der Waals surface area contributed by atoms with Crippen LogP contribution >= 0.6 is 11.8 Å². The number of benzene rings is 3. The Kier molecular flexibility index (Phi) is 9.71. The van der Waals surface area contributed by atoms with Gasteiger partial charge in [0.1, 0.15) is 11.9 Å². The minimum Gasteiger partial charge on any atom is -0.352 e. The molecule has 0 aliphatic rings. The van der Waals surface area contributed by atoms with Crippen LogP contribution in [-0.4, -0.2) is 34.6 Å². The molecule has 178 valence electrons. The normalized spacial score (nSPS) is 12.6. The molecule has 0 saturated carbocycles. The van der Waals surface area contributed by atoms with Gasteiger partial charge in [-0.3, -0.25) is 9.59 Å². The van der Waals surface area contributed by atoms with Gasteiger partial charge in [-0.15, -0.1) is 11.8 Å². The number of hydrogen-bond acceptors (Lipinski definition) is 3. The molecule has 2 unspecified atom stereocenters. The summed E-state index contributed by atoms with van der Waals surface area (Å²) < 4.78 is 14.6. The summed E-state index contributed by atoms with van der Waals surface area (Å²) in [5.74, 6) is -0.679. The maximum atomic E-state index is 14.6. The fourth-order valence-corrected chi connectivity index (χ4v) is 4.36. The molecule has 0 heterocycles. The summed E-state index contributed by atoms with van der Waals surface area (Å²) in [7, 11) is 0. The number of halogens is 1. The molecule has 0 spiro atoms. The van der Waals surface area contributed by atoms with Gasteiger partial charge in [-0.1, -0.05) is 73.7 Å². The maximum Gasteiger partial charge on any atom is 0.243 e. The molecule has 2 amide bonds. The fourth-order valence-electron chi connectivity index (χ4n) is 3.55. The van der Waals surface area contributed by atoms with Gasteiger partial charge in [0.25, 0.3) is 0 Å². The number of thioether (sulfide) groups is 1. The molecule has 0 aliphatic carbocycles. The van der Waals surface area contributed by atoms with Crippen molar-refractivity contribution in [1.29, 1.82) is 0 Å². The highest BCUT2D eigenvalue weighted by molar-refractivity contribution is 8.00. The molecule has 3 aromatic rings. The molecule has 3 aromatic carbocycles. The molecule has 2 atom stereocenters. The van der Waals surface area contributed by atoms with Crippen LogP contribution < -0.4 is 5.32 Å². The van der Waals surface area contributed by atoms with E-state index < -0.39 is 11.9 Å². The first kappa shape index (κ1) is 25.5. The number of nitrogens with zero attached hydrogens (tertiary/aromatic N) is 1. The highest BCUT2D eigenvalue weighted by Gasteiger charge is 2.31. The Morgan fingerprint density at radius 2 is 1.56 bits per heavy atom. The Balaban J connectivity index is 1.92. The zero-order chi connectivity index (χ0) is 24.3. The minimum absolute atomic E-state index is 0.0201. The molecule has 4 nitrogen and oxygen atoms in total. The van der Waals surface area contributed by atoms with Gasteiger partial charge in [-0.2, -0.15) is 0 Å². The Morgan fingerprint density at radius 1 is 0.941 bits per heavy atom. The third kappa shape index (κ3) is 7.45. The third-order valence-corrected chi connectivity index (χ3v) is 6.67. The predicted molar refractivity (Wildman–Crippen MR) is 136 cm³/mol. The lowest BCUT2D eigenvalue weighted by Crippen LogP contribution is -2.52. The van der Waals surface area contributed by atoms with Gasteiger partial charge >= 0.3 is 0 Å². The molecule has 0 saturated heterocycles. The molecule has 0 radical (unpaired) electrons. The van der Waals surface area contributed by atoms with E-state index in [4.69, 9.17) is 0 Å². The molecule has 1 N–H and O–H groups in total. The summed E-state index contributed by atoms with van der Waals surface area (Å²) in [6.07, 6.45) is 1.12. The standard InChI is InChI=1S/C28H31FN2O2S/c1-3-21(2)30-28(33)26(18-22-12-6-4-7-13-22)31(19-23-14-10-11-17-25(23)29)27(32)20-34-24-15-8-5-9-16-24/h4-17,21,26H,3,18-20H2,1-2H3,(H,30,33). The number of amides is 2. The Labute approximate surface area is 205 Å². The van der Waals surface area contributed by atoms with Crippen LogP contribution in [-0.2, 0) is 22.6 Å². The number of carbonyl (C=O) groups excluding carboxylic acids is 2. The lowest BCUT2D eigenvalue weighted by atomic mass is 10.0. The van der Waals surface area contributed by atoms with Crippen molar-refractivity contribution in [3.05, 3.63) is 102 Å². The van der Waals surface area contributed by atoms with Crippen LogP contribution in [0.1, 0.15) is 31.4 Å². The van der Waals surface area contributed by atoms with Gasteiger partial charge in [0, 0.05) is 29.5 Å².